The van der Waals surface area contributed by atoms with E-state index in [4.69, 9.17) is 14.2 Å². The number of likely N-dealkylation sites (tertiary alicyclic amines) is 1. The molecule has 586 valence electrons. The van der Waals surface area contributed by atoms with Gasteiger partial charge in [0.15, 0.2) is 12.8 Å². The second kappa shape index (κ2) is 46.6. The maximum absolute atomic E-state index is 15.0. The molecular weight excluding hydrogens is 1440 g/mol. The number of phenols is 1. The minimum absolute atomic E-state index is 0.00687. The quantitative estimate of drug-likeness (QED) is 0.00909. The summed E-state index contributed by atoms with van der Waals surface area (Å²) < 4.78 is 16.8. The van der Waals surface area contributed by atoms with Crippen molar-refractivity contribution < 1.29 is 102 Å². The third-order valence-electron chi connectivity index (χ3n) is 17.2. The van der Waals surface area contributed by atoms with Crippen LogP contribution in [0.2, 0.25) is 0 Å². The van der Waals surface area contributed by atoms with Gasteiger partial charge in [-0.1, -0.05) is 118 Å². The number of rotatable bonds is 45. The van der Waals surface area contributed by atoms with Crippen LogP contribution >= 0.6 is 32.9 Å². The van der Waals surface area contributed by atoms with Crippen LogP contribution in [0, 0.1) is 17.8 Å². The van der Waals surface area contributed by atoms with Gasteiger partial charge in [0, 0.05) is 74.5 Å². The van der Waals surface area contributed by atoms with Crippen molar-refractivity contribution in [3.05, 3.63) is 81.8 Å². The number of nitrogens with one attached hydrogen (secondary N) is 9. The van der Waals surface area contributed by atoms with Crippen LogP contribution in [0.4, 0.5) is 9.59 Å². The summed E-state index contributed by atoms with van der Waals surface area (Å²) in [5, 5.41) is 58.5. The number of ether oxygens (including phenoxy) is 3. The fraction of sp³-hybridized carbons (Fsp3) is 0.586. The molecule has 0 aliphatic carbocycles. The number of hydrazine groups is 1. The molecule has 2 heterocycles. The van der Waals surface area contributed by atoms with E-state index in [2.05, 4.69) is 53.1 Å². The molecule has 0 radical (unpaired) electrons. The number of urea groups is 1. The Labute approximate surface area is 627 Å². The van der Waals surface area contributed by atoms with E-state index in [1.807, 2.05) is 46.6 Å². The molecule has 0 bridgehead atoms. The monoisotopic (exact) mass is 1540 g/mol. The number of aliphatic carboxylic acids is 3. The second-order valence-corrected chi connectivity index (χ2v) is 29.6. The summed E-state index contributed by atoms with van der Waals surface area (Å²) in [6, 6.07) is 4.59. The molecule has 10 amide bonds. The molecule has 11 atom stereocenters. The number of carbonyl (C=O) groups is 14. The van der Waals surface area contributed by atoms with Crippen molar-refractivity contribution in [1.82, 2.24) is 62.9 Å². The third kappa shape index (κ3) is 32.2. The smallest absolute Gasteiger partial charge is 0.426 e. The number of amides is 10. The Kier molecular flexibility index (Phi) is 39.2. The molecule has 0 saturated carbocycles. The number of thiazole rings is 1. The van der Waals surface area contributed by atoms with E-state index in [0.717, 1.165) is 52.3 Å². The number of piperidine rings is 1. The first-order valence-corrected chi connectivity index (χ1v) is 38.5. The second-order valence-electron chi connectivity index (χ2n) is 26.1. The van der Waals surface area contributed by atoms with Gasteiger partial charge < -0.3 is 76.8 Å². The van der Waals surface area contributed by atoms with E-state index in [1.54, 1.807) is 49.4 Å². The van der Waals surface area contributed by atoms with Crippen LogP contribution in [0.25, 0.3) is 0 Å². The van der Waals surface area contributed by atoms with Crippen molar-refractivity contribution in [2.75, 3.05) is 45.0 Å². The molecule has 11 unspecified atom stereocenters. The zero-order chi connectivity index (χ0) is 78.6. The molecule has 1 aliphatic heterocycles. The number of carboxylic acid groups (broad SMARTS) is 3. The largest absolute Gasteiger partial charge is 0.508 e. The number of aromatic nitrogens is 1. The fourth-order valence-corrected chi connectivity index (χ4v) is 14.1. The van der Waals surface area contributed by atoms with E-state index < -0.39 is 151 Å². The van der Waals surface area contributed by atoms with Crippen molar-refractivity contribution in [2.45, 2.75) is 200 Å². The summed E-state index contributed by atoms with van der Waals surface area (Å²) in [5.74, 6) is -11.9. The van der Waals surface area contributed by atoms with E-state index in [-0.39, 0.29) is 110 Å². The Hall–Kier alpha value is -9.29. The normalized spacial score (nSPS) is 15.6. The molecule has 1 aromatic heterocycles. The number of aromatic hydroxyl groups is 1. The highest BCUT2D eigenvalue weighted by Gasteiger charge is 2.40. The predicted molar refractivity (Wildman–Crippen MR) is 392 cm³/mol. The number of hydrogen-bond acceptors (Lipinski definition) is 23. The van der Waals surface area contributed by atoms with Gasteiger partial charge in [0.1, 0.15) is 53.3 Å². The van der Waals surface area contributed by atoms with Gasteiger partial charge in [-0.2, -0.15) is 0 Å². The molecule has 1 aliphatic rings. The summed E-state index contributed by atoms with van der Waals surface area (Å²) in [5.41, 5.74) is 5.60. The Bertz CT molecular complexity index is 3430. The van der Waals surface area contributed by atoms with E-state index in [9.17, 15) is 82.8 Å². The lowest BCUT2D eigenvalue weighted by atomic mass is 9.92. The summed E-state index contributed by atoms with van der Waals surface area (Å²) in [6.07, 6.45) is 0.875. The Balaban J connectivity index is 1.37. The predicted octanol–water partition coefficient (Wildman–Crippen LogP) is 4.72. The lowest BCUT2D eigenvalue weighted by molar-refractivity contribution is -0.160. The number of likely N-dealkylation sites (N-methyl/N-ethyl adjacent to an activating group) is 1. The molecule has 1 saturated heterocycles. The van der Waals surface area contributed by atoms with Crippen molar-refractivity contribution >= 4 is 116 Å². The van der Waals surface area contributed by atoms with Gasteiger partial charge >= 0.3 is 42.0 Å². The van der Waals surface area contributed by atoms with E-state index >= 15 is 4.79 Å². The average molecular weight is 1540 g/mol. The summed E-state index contributed by atoms with van der Waals surface area (Å²) >= 11 is 1.02. The highest BCUT2D eigenvalue weighted by Crippen LogP contribution is 2.32. The highest BCUT2D eigenvalue weighted by molar-refractivity contribution is 8.76. The molecule has 36 heteroatoms. The van der Waals surface area contributed by atoms with Crippen LogP contribution in [-0.4, -0.2) is 212 Å². The Morgan fingerprint density at radius 1 is 0.726 bits per heavy atom. The first-order chi connectivity index (χ1) is 50.3. The summed E-state index contributed by atoms with van der Waals surface area (Å²) in [7, 11) is 3.92. The zero-order valence-corrected chi connectivity index (χ0v) is 63.6. The highest BCUT2D eigenvalue weighted by atomic mass is 33.1. The van der Waals surface area contributed by atoms with E-state index in [0.29, 0.717) is 30.4 Å². The van der Waals surface area contributed by atoms with Gasteiger partial charge in [0.05, 0.1) is 12.5 Å². The minimum atomic E-state index is -1.72. The SMILES string of the molecule is CCCC(=O)OCN(C(=O)C(NC(=O)C1CCCCN1C)C(C)CC)C(CC(OC(C)=O)c1nc(C(=O)NC(Cc2ccc(O)cc2)CC(C)C(=O)NNC(=O)OCCSSCC(NC(=O)C(Cc2ccccc2)NC(=O)C(CC(=O)O)NC(=O)NCCCCC(NC(C)=O)C(=O)O)C(=O)O)cs1)C(C)C. The van der Waals surface area contributed by atoms with Crippen LogP contribution in [0.15, 0.2) is 60.0 Å². The number of benzene rings is 2. The fourth-order valence-electron chi connectivity index (χ4n) is 11.2. The number of hydrogen-bond donors (Lipinski definition) is 13. The first kappa shape index (κ1) is 89.1. The van der Waals surface area contributed by atoms with Gasteiger partial charge in [-0.25, -0.2) is 29.6 Å². The molecule has 106 heavy (non-hydrogen) atoms. The molecule has 4 rings (SSSR count). The lowest BCUT2D eigenvalue weighted by Gasteiger charge is -2.39. The molecule has 13 N–H and O–H groups in total. The van der Waals surface area contributed by atoms with Crippen LogP contribution < -0.4 is 48.1 Å². The number of unbranched alkanes of at least 4 members (excludes halogenated alkanes) is 1. The molecular formula is C70H102N12O21S3. The number of carboxylic acids is 3. The molecule has 1 fully saturated rings. The van der Waals surface area contributed by atoms with Crippen LogP contribution in [-0.2, 0) is 79.8 Å². The van der Waals surface area contributed by atoms with Gasteiger partial charge in [-0.3, -0.25) is 58.3 Å². The Morgan fingerprint density at radius 2 is 1.40 bits per heavy atom. The summed E-state index contributed by atoms with van der Waals surface area (Å²) in [6.45, 7) is 13.2. The van der Waals surface area contributed by atoms with Crippen molar-refractivity contribution in [3.8, 4) is 5.75 Å². The first-order valence-electron chi connectivity index (χ1n) is 35.1. The standard InChI is InChI=1S/C70H102N12O21S3/c1-10-19-58(88)102-39-82(66(94)59(41(5)11-2)78-64(93)54-23-16-18-29-81(54)9)55(40(3)4)36-56(103-44(8)84)65-76-52(37-104-65)63(92)73-47(33-46-24-26-48(85)27-25-46)32-42(6)60(89)79-80-70(100)101-30-31-105-106-38-53(68(97)98)75-61(90)50(34-45-20-13-12-14-21-45)74-62(91)51(35-57(86)87)77-69(99)71-28-17-15-22-49(67(95)96)72-43(7)83/h12-14,20-21,24-27,37,40-42,47,49-51,53-56,59,85H,10-11,15-19,22-23,28-36,38-39H2,1-9H3,(H,72,83)(H,73,92)(H,74,91)(H,75,90)(H,78,93)(H,79,89)(H,80,100)(H,86,87)(H,95,96)(H,97,98)(H2,71,77,99). The van der Waals surface area contributed by atoms with Crippen LogP contribution in [0.5, 0.6) is 5.75 Å². The van der Waals surface area contributed by atoms with Gasteiger partial charge in [-0.05, 0) is 100 Å². The lowest BCUT2D eigenvalue weighted by Crippen LogP contribution is -2.59. The number of carbonyl (C=O) groups excluding carboxylic acids is 11. The van der Waals surface area contributed by atoms with Gasteiger partial charge in [0.2, 0.25) is 35.4 Å². The maximum atomic E-state index is 15.0. The van der Waals surface area contributed by atoms with Gasteiger partial charge in [-0.15, -0.1) is 11.3 Å². The molecule has 0 spiro atoms. The number of phenolic OH excluding ortho intramolecular Hbond substituents is 1. The summed E-state index contributed by atoms with van der Waals surface area (Å²) in [4.78, 5) is 190. The van der Waals surface area contributed by atoms with Crippen molar-refractivity contribution in [1.29, 1.82) is 0 Å². The molecule has 3 aromatic rings. The molecule has 2 aromatic carbocycles. The Morgan fingerprint density at radius 3 is 2.02 bits per heavy atom. The maximum Gasteiger partial charge on any atom is 0.426 e. The minimum Gasteiger partial charge on any atom is -0.508 e. The van der Waals surface area contributed by atoms with E-state index in [1.165, 1.54) is 36.3 Å². The van der Waals surface area contributed by atoms with Crippen molar-refractivity contribution in [2.24, 2.45) is 17.8 Å². The zero-order valence-electron chi connectivity index (χ0n) is 61.1. The third-order valence-corrected chi connectivity index (χ3v) is 20.5. The number of nitrogens with zero attached hydrogens (tertiary/aromatic N) is 3. The van der Waals surface area contributed by atoms with Crippen molar-refractivity contribution in [3.63, 3.8) is 0 Å². The molecule has 33 nitrogen and oxygen atoms in total. The average Bonchev–Trinajstić information content (AvgIpc) is 1.34. The topological polar surface area (TPSA) is 475 Å². The van der Waals surface area contributed by atoms with Crippen LogP contribution in [0.1, 0.15) is 165 Å². The van der Waals surface area contributed by atoms with Gasteiger partial charge in [0.25, 0.3) is 5.91 Å². The number of esters is 2. The van der Waals surface area contributed by atoms with Crippen LogP contribution in [0.3, 0.4) is 0 Å².